The molecule has 0 saturated heterocycles. The van der Waals surface area contributed by atoms with E-state index in [-0.39, 0.29) is 17.2 Å². The minimum Gasteiger partial charge on any atom is -0.366 e. The van der Waals surface area contributed by atoms with Gasteiger partial charge in [-0.2, -0.15) is 0 Å². The summed E-state index contributed by atoms with van der Waals surface area (Å²) in [7, 11) is 0. The normalized spacial score (nSPS) is 20.6. The van der Waals surface area contributed by atoms with E-state index in [1.165, 1.54) is 0 Å². The second-order valence-corrected chi connectivity index (χ2v) is 7.06. The summed E-state index contributed by atoms with van der Waals surface area (Å²) >= 11 is 3.29. The molecule has 3 N–H and O–H groups in total. The third-order valence-corrected chi connectivity index (χ3v) is 4.34. The van der Waals surface area contributed by atoms with Gasteiger partial charge in [-0.05, 0) is 42.9 Å². The van der Waals surface area contributed by atoms with Crippen LogP contribution in [0.15, 0.2) is 22.7 Å². The third-order valence-electron chi connectivity index (χ3n) is 3.84. The van der Waals surface area contributed by atoms with Gasteiger partial charge in [0.05, 0.1) is 11.3 Å². The lowest BCUT2D eigenvalue weighted by Crippen LogP contribution is -2.24. The number of primary amides is 1. The zero-order valence-electron chi connectivity index (χ0n) is 11.7. The van der Waals surface area contributed by atoms with Gasteiger partial charge in [0.25, 0.3) is 5.91 Å². The number of carbonyl (C=O) groups excluding carboxylic acids is 2. The van der Waals surface area contributed by atoms with Crippen LogP contribution in [0.25, 0.3) is 0 Å². The van der Waals surface area contributed by atoms with Crippen molar-refractivity contribution in [1.29, 1.82) is 0 Å². The fourth-order valence-corrected chi connectivity index (χ4v) is 3.09. The van der Waals surface area contributed by atoms with Crippen LogP contribution in [0.5, 0.6) is 0 Å². The molecule has 0 unspecified atom stereocenters. The van der Waals surface area contributed by atoms with E-state index in [9.17, 15) is 9.59 Å². The van der Waals surface area contributed by atoms with Crippen molar-refractivity contribution in [3.05, 3.63) is 28.2 Å². The molecule has 0 spiro atoms. The van der Waals surface area contributed by atoms with Gasteiger partial charge in [0, 0.05) is 10.4 Å². The van der Waals surface area contributed by atoms with Gasteiger partial charge in [-0.3, -0.25) is 9.59 Å². The Bertz CT molecular complexity index is 555. The first-order valence-corrected chi connectivity index (χ1v) is 7.48. The van der Waals surface area contributed by atoms with Gasteiger partial charge >= 0.3 is 0 Å². The highest BCUT2D eigenvalue weighted by Crippen LogP contribution is 2.41. The molecule has 20 heavy (non-hydrogen) atoms. The van der Waals surface area contributed by atoms with Crippen LogP contribution in [0.1, 0.15) is 43.5 Å². The first-order chi connectivity index (χ1) is 9.28. The first kappa shape index (κ1) is 15.0. The fraction of sp³-hybridized carbons (Fsp3) is 0.467. The number of nitrogens with two attached hydrogens (primary N) is 1. The van der Waals surface area contributed by atoms with Crippen molar-refractivity contribution in [2.45, 2.75) is 33.1 Å². The van der Waals surface area contributed by atoms with Crippen molar-refractivity contribution in [3.63, 3.8) is 0 Å². The predicted octanol–water partition coefficient (Wildman–Crippen LogP) is 3.31. The third kappa shape index (κ3) is 3.39. The van der Waals surface area contributed by atoms with Gasteiger partial charge < -0.3 is 11.1 Å². The Balaban J connectivity index is 2.14. The van der Waals surface area contributed by atoms with E-state index < -0.39 is 5.91 Å². The summed E-state index contributed by atoms with van der Waals surface area (Å²) in [6.07, 6.45) is 2.82. The van der Waals surface area contributed by atoms with Crippen LogP contribution < -0.4 is 11.1 Å². The predicted molar refractivity (Wildman–Crippen MR) is 82.4 cm³/mol. The molecular formula is C15H19BrN2O2. The molecule has 0 aliphatic heterocycles. The summed E-state index contributed by atoms with van der Waals surface area (Å²) in [5, 5.41) is 2.84. The molecule has 4 nitrogen and oxygen atoms in total. The van der Waals surface area contributed by atoms with E-state index in [2.05, 4.69) is 35.1 Å². The van der Waals surface area contributed by atoms with E-state index in [4.69, 9.17) is 5.73 Å². The Morgan fingerprint density at radius 3 is 2.65 bits per heavy atom. The highest BCUT2D eigenvalue weighted by Gasteiger charge is 2.35. The Morgan fingerprint density at radius 1 is 1.40 bits per heavy atom. The van der Waals surface area contributed by atoms with Crippen molar-refractivity contribution >= 4 is 33.4 Å². The molecule has 2 amide bonds. The molecule has 108 valence electrons. The highest BCUT2D eigenvalue weighted by atomic mass is 79.9. The van der Waals surface area contributed by atoms with Crippen LogP contribution in [-0.4, -0.2) is 11.8 Å². The smallest absolute Gasteiger partial charge is 0.250 e. The van der Waals surface area contributed by atoms with Crippen molar-refractivity contribution < 1.29 is 9.59 Å². The number of carbonyl (C=O) groups is 2. The number of anilines is 1. The van der Waals surface area contributed by atoms with Crippen LogP contribution >= 0.6 is 15.9 Å². The maximum absolute atomic E-state index is 12.3. The van der Waals surface area contributed by atoms with Gasteiger partial charge in [-0.15, -0.1) is 0 Å². The van der Waals surface area contributed by atoms with E-state index >= 15 is 0 Å². The number of hydrogen-bond acceptors (Lipinski definition) is 2. The molecule has 5 heteroatoms. The second kappa shape index (κ2) is 5.56. The quantitative estimate of drug-likeness (QED) is 0.887. The summed E-state index contributed by atoms with van der Waals surface area (Å²) in [4.78, 5) is 23.7. The fourth-order valence-electron chi connectivity index (χ4n) is 2.72. The lowest BCUT2D eigenvalue weighted by Gasteiger charge is -2.17. The van der Waals surface area contributed by atoms with Gasteiger partial charge in [0.2, 0.25) is 5.91 Å². The monoisotopic (exact) mass is 338 g/mol. The van der Waals surface area contributed by atoms with Gasteiger partial charge in [-0.1, -0.05) is 29.8 Å². The number of hydrogen-bond donors (Lipinski definition) is 2. The molecule has 2 rings (SSSR count). The van der Waals surface area contributed by atoms with Crippen molar-refractivity contribution in [1.82, 2.24) is 0 Å². The molecule has 1 aromatic carbocycles. The number of amides is 2. The van der Waals surface area contributed by atoms with Crippen LogP contribution in [0, 0.1) is 11.3 Å². The molecule has 1 aliphatic carbocycles. The molecule has 1 aromatic rings. The standard InChI is InChI=1S/C15H19BrN2O2/c1-15(2)6-5-9(8-15)14(20)18-12-4-3-10(16)7-11(12)13(17)19/h3-4,7,9H,5-6,8H2,1-2H3,(H2,17,19)(H,18,20)/t9-/m0/s1. The first-order valence-electron chi connectivity index (χ1n) is 6.69. The Hall–Kier alpha value is -1.36. The van der Waals surface area contributed by atoms with Crippen LogP contribution in [0.3, 0.4) is 0 Å². The Labute approximate surface area is 127 Å². The summed E-state index contributed by atoms with van der Waals surface area (Å²) in [6.45, 7) is 4.35. The van der Waals surface area contributed by atoms with Crippen LogP contribution in [0.2, 0.25) is 0 Å². The molecule has 0 radical (unpaired) electrons. The SMILES string of the molecule is CC1(C)CC[C@H](C(=O)Nc2ccc(Br)cc2C(N)=O)C1. The molecule has 0 aromatic heterocycles. The molecule has 1 saturated carbocycles. The summed E-state index contributed by atoms with van der Waals surface area (Å²) in [5.41, 5.74) is 6.37. The van der Waals surface area contributed by atoms with E-state index in [0.29, 0.717) is 11.3 Å². The number of benzene rings is 1. The maximum atomic E-state index is 12.3. The van der Waals surface area contributed by atoms with Crippen LogP contribution in [0.4, 0.5) is 5.69 Å². The number of rotatable bonds is 3. The molecule has 0 heterocycles. The maximum Gasteiger partial charge on any atom is 0.250 e. The number of halogens is 1. The van der Waals surface area contributed by atoms with Gasteiger partial charge in [0.15, 0.2) is 0 Å². The largest absolute Gasteiger partial charge is 0.366 e. The van der Waals surface area contributed by atoms with Crippen molar-refractivity contribution in [2.24, 2.45) is 17.1 Å². The van der Waals surface area contributed by atoms with E-state index in [1.807, 2.05) is 0 Å². The lowest BCUT2D eigenvalue weighted by atomic mass is 9.90. The average molecular weight is 339 g/mol. The molecule has 1 aliphatic rings. The van der Waals surface area contributed by atoms with E-state index in [0.717, 1.165) is 23.7 Å². The second-order valence-electron chi connectivity index (χ2n) is 6.15. The Morgan fingerprint density at radius 2 is 2.10 bits per heavy atom. The zero-order valence-corrected chi connectivity index (χ0v) is 13.3. The topological polar surface area (TPSA) is 72.2 Å². The molecule has 1 atom stereocenters. The molecule has 0 bridgehead atoms. The lowest BCUT2D eigenvalue weighted by molar-refractivity contribution is -0.119. The minimum atomic E-state index is -0.548. The minimum absolute atomic E-state index is 0.00868. The summed E-state index contributed by atoms with van der Waals surface area (Å²) < 4.78 is 0.756. The van der Waals surface area contributed by atoms with Crippen molar-refractivity contribution in [2.75, 3.05) is 5.32 Å². The summed E-state index contributed by atoms with van der Waals surface area (Å²) in [6, 6.07) is 5.10. The summed E-state index contributed by atoms with van der Waals surface area (Å²) in [5.74, 6) is -0.567. The van der Waals surface area contributed by atoms with Gasteiger partial charge in [-0.25, -0.2) is 0 Å². The average Bonchev–Trinajstić information content (AvgIpc) is 2.71. The van der Waals surface area contributed by atoms with Gasteiger partial charge in [0.1, 0.15) is 0 Å². The number of nitrogens with one attached hydrogen (secondary N) is 1. The highest BCUT2D eigenvalue weighted by molar-refractivity contribution is 9.10. The van der Waals surface area contributed by atoms with E-state index in [1.54, 1.807) is 18.2 Å². The molecular weight excluding hydrogens is 320 g/mol. The zero-order chi connectivity index (χ0) is 14.9. The molecule has 1 fully saturated rings. The Kier molecular flexibility index (Phi) is 4.18. The van der Waals surface area contributed by atoms with Crippen molar-refractivity contribution in [3.8, 4) is 0 Å². The van der Waals surface area contributed by atoms with Crippen LogP contribution in [-0.2, 0) is 4.79 Å².